The van der Waals surface area contributed by atoms with Crippen molar-refractivity contribution in [1.82, 2.24) is 19.9 Å². The van der Waals surface area contributed by atoms with Crippen molar-refractivity contribution in [2.24, 2.45) is 5.92 Å². The van der Waals surface area contributed by atoms with Crippen molar-refractivity contribution in [3.8, 4) is 0 Å². The van der Waals surface area contributed by atoms with Gasteiger partial charge in [-0.15, -0.1) is 0 Å². The predicted octanol–water partition coefficient (Wildman–Crippen LogP) is 2.46. The number of thiazole rings is 1. The lowest BCUT2D eigenvalue weighted by molar-refractivity contribution is -0.125. The highest BCUT2D eigenvalue weighted by molar-refractivity contribution is 7.22. The predicted molar refractivity (Wildman–Crippen MR) is 130 cm³/mol. The number of nitrogens with zero attached hydrogens (tertiary/aromatic N) is 4. The fourth-order valence-electron chi connectivity index (χ4n) is 4.03. The van der Waals surface area contributed by atoms with Crippen molar-refractivity contribution in [2.45, 2.75) is 40.2 Å². The molecule has 2 aromatic heterocycles. The Bertz CT molecular complexity index is 1240. The van der Waals surface area contributed by atoms with E-state index in [0.717, 1.165) is 34.8 Å². The third kappa shape index (κ3) is 5.05. The molecule has 2 amide bonds. The molecule has 1 aromatic carbocycles. The van der Waals surface area contributed by atoms with Crippen molar-refractivity contribution in [2.75, 3.05) is 29.9 Å². The number of aryl methyl sites for hydroxylation is 2. The molecule has 0 atom stereocenters. The molecule has 10 heteroatoms. The summed E-state index contributed by atoms with van der Waals surface area (Å²) in [5.74, 6) is -0.172. The van der Waals surface area contributed by atoms with Crippen LogP contribution in [0.3, 0.4) is 0 Å². The maximum Gasteiger partial charge on any atom is 0.273 e. The molecular weight excluding hydrogens is 440 g/mol. The minimum absolute atomic E-state index is 0.0154. The van der Waals surface area contributed by atoms with Crippen molar-refractivity contribution >= 4 is 44.3 Å². The van der Waals surface area contributed by atoms with Crippen LogP contribution in [-0.4, -0.2) is 46.0 Å². The standard InChI is InChI=1S/C23H28N6O3S/c1-4-24-21(31)16-7-9-28(10-8-16)23-27-20-19(33-23)22(32)29(13-25-20)12-18(30)26-17-6-5-14(2)11-15(17)3/h5-6,11,13,16H,4,7-10,12H2,1-3H3,(H,24,31)(H,26,30). The van der Waals surface area contributed by atoms with Crippen LogP contribution in [0, 0.1) is 19.8 Å². The van der Waals surface area contributed by atoms with E-state index in [2.05, 4.69) is 25.5 Å². The lowest BCUT2D eigenvalue weighted by atomic mass is 9.96. The highest BCUT2D eigenvalue weighted by atomic mass is 32.1. The van der Waals surface area contributed by atoms with E-state index in [-0.39, 0.29) is 29.8 Å². The van der Waals surface area contributed by atoms with Gasteiger partial charge < -0.3 is 15.5 Å². The van der Waals surface area contributed by atoms with Crippen LogP contribution in [0.4, 0.5) is 10.8 Å². The van der Waals surface area contributed by atoms with Crippen LogP contribution >= 0.6 is 11.3 Å². The van der Waals surface area contributed by atoms with Crippen LogP contribution in [0.2, 0.25) is 0 Å². The second-order valence-corrected chi connectivity index (χ2v) is 9.33. The summed E-state index contributed by atoms with van der Waals surface area (Å²) in [5.41, 5.74) is 2.91. The van der Waals surface area contributed by atoms with Crippen LogP contribution in [0.1, 0.15) is 30.9 Å². The monoisotopic (exact) mass is 468 g/mol. The highest BCUT2D eigenvalue weighted by Gasteiger charge is 2.26. The quantitative estimate of drug-likeness (QED) is 0.575. The lowest BCUT2D eigenvalue weighted by Crippen LogP contribution is -2.40. The first-order chi connectivity index (χ1) is 15.9. The van der Waals surface area contributed by atoms with E-state index in [4.69, 9.17) is 0 Å². The van der Waals surface area contributed by atoms with Crippen molar-refractivity contribution in [3.63, 3.8) is 0 Å². The van der Waals surface area contributed by atoms with E-state index in [0.29, 0.717) is 30.0 Å². The zero-order chi connectivity index (χ0) is 23.5. The van der Waals surface area contributed by atoms with Crippen molar-refractivity contribution < 1.29 is 9.59 Å². The molecule has 0 aliphatic carbocycles. The number of nitrogens with one attached hydrogen (secondary N) is 2. The van der Waals surface area contributed by atoms with Gasteiger partial charge in [0.25, 0.3) is 5.56 Å². The van der Waals surface area contributed by atoms with E-state index < -0.39 is 0 Å². The molecule has 0 spiro atoms. The molecule has 1 aliphatic rings. The van der Waals surface area contributed by atoms with Gasteiger partial charge in [-0.3, -0.25) is 19.0 Å². The Balaban J connectivity index is 1.45. The van der Waals surface area contributed by atoms with E-state index in [1.807, 2.05) is 39.0 Å². The number of benzene rings is 1. The number of amides is 2. The minimum atomic E-state index is -0.289. The van der Waals surface area contributed by atoms with Crippen LogP contribution in [-0.2, 0) is 16.1 Å². The summed E-state index contributed by atoms with van der Waals surface area (Å²) in [6, 6.07) is 5.78. The molecule has 2 N–H and O–H groups in total. The molecule has 3 heterocycles. The van der Waals surface area contributed by atoms with Gasteiger partial charge in [0.1, 0.15) is 17.6 Å². The first-order valence-corrected chi connectivity index (χ1v) is 11.9. The molecule has 0 radical (unpaired) electrons. The molecule has 4 rings (SSSR count). The number of hydrogen-bond donors (Lipinski definition) is 2. The van der Waals surface area contributed by atoms with E-state index in [1.54, 1.807) is 0 Å². The zero-order valence-electron chi connectivity index (χ0n) is 19.1. The fraction of sp³-hybridized carbons (Fsp3) is 0.435. The third-order valence-electron chi connectivity index (χ3n) is 5.83. The third-order valence-corrected chi connectivity index (χ3v) is 6.92. The summed E-state index contributed by atoms with van der Waals surface area (Å²) in [6.07, 6.45) is 2.87. The van der Waals surface area contributed by atoms with Crippen LogP contribution < -0.4 is 21.1 Å². The smallest absolute Gasteiger partial charge is 0.273 e. The number of carbonyl (C=O) groups is 2. The molecule has 1 aliphatic heterocycles. The van der Waals surface area contributed by atoms with Crippen LogP contribution in [0.15, 0.2) is 29.3 Å². The molecule has 33 heavy (non-hydrogen) atoms. The number of aromatic nitrogens is 3. The van der Waals surface area contributed by atoms with Gasteiger partial charge in [-0.05, 0) is 45.2 Å². The molecule has 1 saturated heterocycles. The largest absolute Gasteiger partial charge is 0.356 e. The summed E-state index contributed by atoms with van der Waals surface area (Å²) < 4.78 is 1.74. The Hall–Kier alpha value is -3.27. The topological polar surface area (TPSA) is 109 Å². The summed E-state index contributed by atoms with van der Waals surface area (Å²) in [5, 5.41) is 6.47. The number of fused-ring (bicyclic) bond motifs is 1. The van der Waals surface area contributed by atoms with Crippen molar-refractivity contribution in [3.05, 3.63) is 46.0 Å². The molecular formula is C23H28N6O3S. The van der Waals surface area contributed by atoms with E-state index in [9.17, 15) is 14.4 Å². The average Bonchev–Trinajstić information content (AvgIpc) is 3.23. The molecule has 1 fully saturated rings. The van der Waals surface area contributed by atoms with E-state index in [1.165, 1.54) is 22.2 Å². The van der Waals surface area contributed by atoms with Gasteiger partial charge in [-0.1, -0.05) is 29.0 Å². The van der Waals surface area contributed by atoms with Gasteiger partial charge in [0.05, 0.1) is 0 Å². The Morgan fingerprint density at radius 1 is 1.21 bits per heavy atom. The molecule has 3 aromatic rings. The molecule has 174 valence electrons. The molecule has 9 nitrogen and oxygen atoms in total. The second kappa shape index (κ2) is 9.70. The van der Waals surface area contributed by atoms with Gasteiger partial charge in [-0.25, -0.2) is 4.98 Å². The number of rotatable bonds is 6. The second-order valence-electron chi connectivity index (χ2n) is 8.35. The number of anilines is 2. The number of piperidine rings is 1. The zero-order valence-corrected chi connectivity index (χ0v) is 19.9. The van der Waals surface area contributed by atoms with E-state index >= 15 is 0 Å². The molecule has 0 unspecified atom stereocenters. The Kier molecular flexibility index (Phi) is 6.73. The molecule has 0 saturated carbocycles. The SMILES string of the molecule is CCNC(=O)C1CCN(c2nc3ncn(CC(=O)Nc4ccc(C)cc4C)c(=O)c3s2)CC1. The highest BCUT2D eigenvalue weighted by Crippen LogP contribution is 2.29. The normalized spacial score (nSPS) is 14.5. The Labute approximate surface area is 195 Å². The average molecular weight is 469 g/mol. The minimum Gasteiger partial charge on any atom is -0.356 e. The summed E-state index contributed by atoms with van der Waals surface area (Å²) in [7, 11) is 0. The van der Waals surface area contributed by atoms with Crippen molar-refractivity contribution in [1.29, 1.82) is 0 Å². The summed E-state index contributed by atoms with van der Waals surface area (Å²) >= 11 is 1.29. The summed E-state index contributed by atoms with van der Waals surface area (Å²) in [6.45, 7) is 7.76. The first-order valence-electron chi connectivity index (χ1n) is 11.1. The summed E-state index contributed by atoms with van der Waals surface area (Å²) in [4.78, 5) is 48.5. The maximum atomic E-state index is 13.0. The Morgan fingerprint density at radius 3 is 2.67 bits per heavy atom. The maximum absolute atomic E-state index is 13.0. The number of hydrogen-bond acceptors (Lipinski definition) is 7. The Morgan fingerprint density at radius 2 is 1.97 bits per heavy atom. The van der Waals surface area contributed by atoms with Crippen LogP contribution in [0.25, 0.3) is 10.3 Å². The molecule has 0 bridgehead atoms. The van der Waals surface area contributed by atoms with Gasteiger partial charge in [0, 0.05) is 31.2 Å². The number of carbonyl (C=O) groups excluding carboxylic acids is 2. The first kappa shape index (κ1) is 22.9. The van der Waals surface area contributed by atoms with Crippen LogP contribution in [0.5, 0.6) is 0 Å². The van der Waals surface area contributed by atoms with Gasteiger partial charge in [0.15, 0.2) is 10.8 Å². The van der Waals surface area contributed by atoms with Gasteiger partial charge in [0.2, 0.25) is 11.8 Å². The lowest BCUT2D eigenvalue weighted by Gasteiger charge is -2.30. The van der Waals surface area contributed by atoms with Gasteiger partial charge >= 0.3 is 0 Å². The van der Waals surface area contributed by atoms with Gasteiger partial charge in [-0.2, -0.15) is 4.98 Å². The fourth-order valence-corrected chi connectivity index (χ4v) is 5.05.